The zero-order valence-electron chi connectivity index (χ0n) is 12.7. The van der Waals surface area contributed by atoms with Gasteiger partial charge in [-0.05, 0) is 29.0 Å². The summed E-state index contributed by atoms with van der Waals surface area (Å²) in [6, 6.07) is 15.1. The lowest BCUT2D eigenvalue weighted by atomic mass is 10.0. The number of benzene rings is 2. The van der Waals surface area contributed by atoms with Crippen LogP contribution in [-0.2, 0) is 11.2 Å². The van der Waals surface area contributed by atoms with Crippen LogP contribution in [-0.4, -0.2) is 10.9 Å². The molecule has 0 spiro atoms. The molecule has 118 valence electrons. The molecule has 0 aliphatic rings. The first kappa shape index (κ1) is 14.3. The number of carbonyl (C=O) groups excluding carboxylic acids is 1. The van der Waals surface area contributed by atoms with Gasteiger partial charge in [0.2, 0.25) is 5.91 Å². The van der Waals surface area contributed by atoms with E-state index < -0.39 is 0 Å². The Kier molecular flexibility index (Phi) is 3.39. The minimum atomic E-state index is -0.326. The van der Waals surface area contributed by atoms with Crippen molar-refractivity contribution in [2.45, 2.75) is 6.42 Å². The highest BCUT2D eigenvalue weighted by Crippen LogP contribution is 2.30. The van der Waals surface area contributed by atoms with E-state index in [1.807, 2.05) is 36.4 Å². The summed E-state index contributed by atoms with van der Waals surface area (Å²) in [5.74, 6) is -0.262. The average molecular weight is 318 g/mol. The zero-order chi connectivity index (χ0) is 16.5. The molecule has 0 radical (unpaired) electrons. The zero-order valence-corrected chi connectivity index (χ0v) is 12.7. The van der Waals surface area contributed by atoms with Gasteiger partial charge in [0.25, 0.3) is 5.56 Å². The van der Waals surface area contributed by atoms with E-state index in [0.717, 1.165) is 27.3 Å². The average Bonchev–Trinajstić information content (AvgIpc) is 3.00. The van der Waals surface area contributed by atoms with Crippen LogP contribution in [0.1, 0.15) is 5.56 Å². The van der Waals surface area contributed by atoms with E-state index >= 15 is 0 Å². The molecule has 4 rings (SSSR count). The first-order valence-corrected chi connectivity index (χ1v) is 7.58. The molecule has 0 fully saturated rings. The van der Waals surface area contributed by atoms with Crippen molar-refractivity contribution in [3.63, 3.8) is 0 Å². The molecule has 1 amide bonds. The van der Waals surface area contributed by atoms with Crippen molar-refractivity contribution < 1.29 is 9.21 Å². The Labute approximate surface area is 136 Å². The highest BCUT2D eigenvalue weighted by Gasteiger charge is 2.14. The molecular formula is C19H14N2O3. The number of anilines is 1. The van der Waals surface area contributed by atoms with Crippen molar-refractivity contribution >= 4 is 33.3 Å². The largest absolute Gasteiger partial charge is 0.464 e. The van der Waals surface area contributed by atoms with Gasteiger partial charge in [0.1, 0.15) is 11.3 Å². The number of nitrogens with one attached hydrogen (secondary N) is 2. The molecule has 4 aromatic rings. The molecule has 0 saturated carbocycles. The third-order valence-corrected chi connectivity index (χ3v) is 3.98. The van der Waals surface area contributed by atoms with E-state index in [-0.39, 0.29) is 23.6 Å². The number of pyridine rings is 1. The molecule has 2 aromatic heterocycles. The summed E-state index contributed by atoms with van der Waals surface area (Å²) in [4.78, 5) is 26.5. The lowest BCUT2D eigenvalue weighted by molar-refractivity contribution is -0.115. The van der Waals surface area contributed by atoms with Crippen LogP contribution in [0.4, 0.5) is 5.69 Å². The number of aromatic nitrogens is 1. The molecule has 2 heterocycles. The number of H-pyrrole nitrogens is 1. The molecule has 2 aromatic carbocycles. The van der Waals surface area contributed by atoms with Gasteiger partial charge in [-0.1, -0.05) is 30.3 Å². The Morgan fingerprint density at radius 2 is 1.96 bits per heavy atom. The predicted molar refractivity (Wildman–Crippen MR) is 93.1 cm³/mol. The lowest BCUT2D eigenvalue weighted by Gasteiger charge is -2.04. The van der Waals surface area contributed by atoms with Crippen LogP contribution in [0.3, 0.4) is 0 Å². The van der Waals surface area contributed by atoms with Crippen molar-refractivity contribution in [1.82, 2.24) is 4.98 Å². The molecular weight excluding hydrogens is 304 g/mol. The summed E-state index contributed by atoms with van der Waals surface area (Å²) in [5, 5.41) is 5.71. The maximum atomic E-state index is 12.3. The number of hydrogen-bond acceptors (Lipinski definition) is 3. The molecule has 0 bridgehead atoms. The van der Waals surface area contributed by atoms with Gasteiger partial charge in [-0.25, -0.2) is 0 Å². The van der Waals surface area contributed by atoms with Gasteiger partial charge < -0.3 is 14.7 Å². The maximum absolute atomic E-state index is 12.3. The molecule has 0 unspecified atom stereocenters. The third-order valence-electron chi connectivity index (χ3n) is 3.98. The van der Waals surface area contributed by atoms with Crippen LogP contribution in [0.15, 0.2) is 70.2 Å². The van der Waals surface area contributed by atoms with Gasteiger partial charge in [-0.15, -0.1) is 0 Å². The topological polar surface area (TPSA) is 75.1 Å². The normalized spacial score (nSPS) is 11.0. The van der Waals surface area contributed by atoms with Gasteiger partial charge in [0.05, 0.1) is 12.7 Å². The fourth-order valence-electron chi connectivity index (χ4n) is 2.89. The molecule has 0 aliphatic heterocycles. The second kappa shape index (κ2) is 5.70. The summed E-state index contributed by atoms with van der Waals surface area (Å²) < 4.78 is 5.58. The smallest absolute Gasteiger partial charge is 0.271 e. The number of aromatic amines is 1. The van der Waals surface area contributed by atoms with Crippen molar-refractivity contribution in [3.8, 4) is 0 Å². The number of amides is 1. The Balaban J connectivity index is 1.70. The summed E-state index contributed by atoms with van der Waals surface area (Å²) in [6.45, 7) is 0. The number of carbonyl (C=O) groups is 1. The number of rotatable bonds is 3. The van der Waals surface area contributed by atoms with Crippen LogP contribution in [0, 0.1) is 0 Å². The quantitative estimate of drug-likeness (QED) is 0.607. The first-order valence-electron chi connectivity index (χ1n) is 7.58. The van der Waals surface area contributed by atoms with E-state index in [1.165, 1.54) is 6.20 Å². The SMILES string of the molecule is O=C(Cc1coc2ccc3ccccc3c12)Nc1ccc[nH]c1=O. The molecule has 0 saturated heterocycles. The summed E-state index contributed by atoms with van der Waals surface area (Å²) >= 11 is 0. The highest BCUT2D eigenvalue weighted by atomic mass is 16.3. The van der Waals surface area contributed by atoms with Crippen LogP contribution >= 0.6 is 0 Å². The molecule has 2 N–H and O–H groups in total. The van der Waals surface area contributed by atoms with E-state index in [1.54, 1.807) is 18.4 Å². The van der Waals surface area contributed by atoms with Gasteiger partial charge in [-0.3, -0.25) is 9.59 Å². The Morgan fingerprint density at radius 3 is 2.83 bits per heavy atom. The second-order valence-electron chi connectivity index (χ2n) is 5.56. The fourth-order valence-corrected chi connectivity index (χ4v) is 2.89. The number of fused-ring (bicyclic) bond motifs is 3. The fraction of sp³-hybridized carbons (Fsp3) is 0.0526. The molecule has 5 nitrogen and oxygen atoms in total. The van der Waals surface area contributed by atoms with Crippen molar-refractivity contribution in [2.24, 2.45) is 0 Å². The molecule has 0 aliphatic carbocycles. The van der Waals surface area contributed by atoms with Crippen LogP contribution in [0.5, 0.6) is 0 Å². The standard InChI is InChI=1S/C19H14N2O3/c22-17(21-15-6-3-9-20-19(15)23)10-13-11-24-16-8-7-12-4-1-2-5-14(12)18(13)16/h1-9,11H,10H2,(H,20,23)(H,21,22). The number of hydrogen-bond donors (Lipinski definition) is 2. The van der Waals surface area contributed by atoms with Crippen LogP contribution in [0.25, 0.3) is 21.7 Å². The van der Waals surface area contributed by atoms with Crippen LogP contribution in [0.2, 0.25) is 0 Å². The predicted octanol–water partition coefficient (Wildman–Crippen LogP) is 3.46. The van der Waals surface area contributed by atoms with E-state index in [0.29, 0.717) is 0 Å². The molecule has 0 atom stereocenters. The molecule has 24 heavy (non-hydrogen) atoms. The lowest BCUT2D eigenvalue weighted by Crippen LogP contribution is -2.20. The summed E-state index contributed by atoms with van der Waals surface area (Å²) in [5.41, 5.74) is 1.45. The van der Waals surface area contributed by atoms with E-state index in [4.69, 9.17) is 4.42 Å². The van der Waals surface area contributed by atoms with Gasteiger partial charge in [0, 0.05) is 17.1 Å². The minimum Gasteiger partial charge on any atom is -0.464 e. The van der Waals surface area contributed by atoms with Gasteiger partial charge >= 0.3 is 0 Å². The third kappa shape index (κ3) is 2.46. The van der Waals surface area contributed by atoms with E-state index in [9.17, 15) is 9.59 Å². The van der Waals surface area contributed by atoms with Gasteiger partial charge in [0.15, 0.2) is 0 Å². The number of furan rings is 1. The highest BCUT2D eigenvalue weighted by molar-refractivity contribution is 6.09. The Morgan fingerprint density at radius 1 is 1.08 bits per heavy atom. The minimum absolute atomic E-state index is 0.134. The van der Waals surface area contributed by atoms with Crippen molar-refractivity contribution in [3.05, 3.63) is 76.9 Å². The summed E-state index contributed by atoms with van der Waals surface area (Å²) in [7, 11) is 0. The van der Waals surface area contributed by atoms with E-state index in [2.05, 4.69) is 10.3 Å². The van der Waals surface area contributed by atoms with Crippen molar-refractivity contribution in [1.29, 1.82) is 0 Å². The Hall–Kier alpha value is -3.34. The van der Waals surface area contributed by atoms with Crippen molar-refractivity contribution in [2.75, 3.05) is 5.32 Å². The van der Waals surface area contributed by atoms with Gasteiger partial charge in [-0.2, -0.15) is 0 Å². The second-order valence-corrected chi connectivity index (χ2v) is 5.56. The monoisotopic (exact) mass is 318 g/mol. The Bertz CT molecular complexity index is 1110. The maximum Gasteiger partial charge on any atom is 0.271 e. The molecule has 5 heteroatoms. The summed E-state index contributed by atoms with van der Waals surface area (Å²) in [6.07, 6.45) is 3.26. The first-order chi connectivity index (χ1) is 11.7. The van der Waals surface area contributed by atoms with Crippen LogP contribution < -0.4 is 10.9 Å².